The molecule has 1 aliphatic rings. The summed E-state index contributed by atoms with van der Waals surface area (Å²) in [6.45, 7) is 2.38. The van der Waals surface area contributed by atoms with Crippen molar-refractivity contribution in [3.05, 3.63) is 76.5 Å². The third-order valence-corrected chi connectivity index (χ3v) is 6.10. The van der Waals surface area contributed by atoms with Crippen LogP contribution in [0.25, 0.3) is 16.5 Å². The highest BCUT2D eigenvalue weighted by atomic mass is 35.5. The van der Waals surface area contributed by atoms with Crippen LogP contribution in [0, 0.1) is 0 Å². The first kappa shape index (κ1) is 23.6. The second-order valence-corrected chi connectivity index (χ2v) is 9.09. The lowest BCUT2D eigenvalue weighted by Gasteiger charge is -2.31. The van der Waals surface area contributed by atoms with Crippen LogP contribution in [0.3, 0.4) is 0 Å². The monoisotopic (exact) mass is 478 g/mol. The number of hydrogen-bond donors (Lipinski definition) is 2. The second kappa shape index (κ2) is 9.73. The summed E-state index contributed by atoms with van der Waals surface area (Å²) < 4.78 is 0. The Bertz CT molecular complexity index is 1290. The molecular weight excluding hydrogens is 452 g/mol. The van der Waals surface area contributed by atoms with E-state index in [-0.39, 0.29) is 17.7 Å². The number of benzene rings is 2. The number of aromatic nitrogens is 1. The van der Waals surface area contributed by atoms with Crippen LogP contribution in [-0.2, 0) is 9.59 Å². The molecule has 4 rings (SSSR count). The Kier molecular flexibility index (Phi) is 6.75. The number of amides is 3. The highest BCUT2D eigenvalue weighted by Gasteiger charge is 2.29. The first-order chi connectivity index (χ1) is 16.2. The lowest BCUT2D eigenvalue weighted by Crippen LogP contribution is -2.44. The predicted molar refractivity (Wildman–Crippen MR) is 133 cm³/mol. The molecule has 34 heavy (non-hydrogen) atoms. The van der Waals surface area contributed by atoms with Gasteiger partial charge in [0.05, 0.1) is 0 Å². The average molecular weight is 479 g/mol. The standard InChI is InChI=1S/C26H27ClN4O3/c1-16(32)28-24(19-6-4-8-21(27)12-19)26(34)31-11-5-7-20(15-31)17-9-10-18-14-23(25(33)30(2)3)29-22(18)13-17/h4,6-10,12-14,24,29H,5,11,15H2,1-3H3,(H,28,32)/t24-/m1/s1. The van der Waals surface area contributed by atoms with Crippen molar-refractivity contribution < 1.29 is 14.4 Å². The summed E-state index contributed by atoms with van der Waals surface area (Å²) in [6, 6.07) is 14.0. The van der Waals surface area contributed by atoms with Gasteiger partial charge in [-0.25, -0.2) is 0 Å². The summed E-state index contributed by atoms with van der Waals surface area (Å²) in [7, 11) is 3.44. The van der Waals surface area contributed by atoms with Crippen molar-refractivity contribution in [2.75, 3.05) is 27.2 Å². The fourth-order valence-corrected chi connectivity index (χ4v) is 4.38. The number of halogens is 1. The zero-order valence-electron chi connectivity index (χ0n) is 19.4. The van der Waals surface area contributed by atoms with Crippen LogP contribution in [0.4, 0.5) is 0 Å². The molecule has 0 unspecified atom stereocenters. The smallest absolute Gasteiger partial charge is 0.269 e. The maximum Gasteiger partial charge on any atom is 0.269 e. The molecule has 0 saturated carbocycles. The van der Waals surface area contributed by atoms with Crippen LogP contribution in [0.15, 0.2) is 54.6 Å². The minimum Gasteiger partial charge on any atom is -0.351 e. The largest absolute Gasteiger partial charge is 0.351 e. The molecule has 2 N–H and O–H groups in total. The summed E-state index contributed by atoms with van der Waals surface area (Å²) in [5.74, 6) is -0.550. The summed E-state index contributed by atoms with van der Waals surface area (Å²) in [4.78, 5) is 44.1. The molecule has 176 valence electrons. The van der Waals surface area contributed by atoms with Crippen molar-refractivity contribution in [2.24, 2.45) is 0 Å². The van der Waals surface area contributed by atoms with E-state index in [4.69, 9.17) is 11.6 Å². The van der Waals surface area contributed by atoms with Crippen LogP contribution in [-0.4, -0.2) is 59.7 Å². The Balaban J connectivity index is 1.57. The van der Waals surface area contributed by atoms with Gasteiger partial charge in [-0.05, 0) is 47.4 Å². The van der Waals surface area contributed by atoms with Crippen molar-refractivity contribution in [1.82, 2.24) is 20.1 Å². The van der Waals surface area contributed by atoms with Crippen molar-refractivity contribution in [3.63, 3.8) is 0 Å². The molecule has 0 bridgehead atoms. The molecule has 0 fully saturated rings. The minimum absolute atomic E-state index is 0.0866. The van der Waals surface area contributed by atoms with Gasteiger partial charge in [0.1, 0.15) is 11.7 Å². The maximum atomic E-state index is 13.5. The number of aromatic amines is 1. The maximum absolute atomic E-state index is 13.5. The third-order valence-electron chi connectivity index (χ3n) is 5.87. The van der Waals surface area contributed by atoms with Crippen LogP contribution < -0.4 is 5.32 Å². The highest BCUT2D eigenvalue weighted by Crippen LogP contribution is 2.28. The third kappa shape index (κ3) is 4.99. The van der Waals surface area contributed by atoms with E-state index in [0.29, 0.717) is 35.8 Å². The second-order valence-electron chi connectivity index (χ2n) is 8.65. The van der Waals surface area contributed by atoms with Gasteiger partial charge in [0.25, 0.3) is 5.91 Å². The first-order valence-corrected chi connectivity index (χ1v) is 11.5. The number of hydrogen-bond acceptors (Lipinski definition) is 3. The van der Waals surface area contributed by atoms with Crippen molar-refractivity contribution >= 4 is 45.8 Å². The molecule has 0 aliphatic carbocycles. The van der Waals surface area contributed by atoms with Gasteiger partial charge in [-0.2, -0.15) is 0 Å². The predicted octanol–water partition coefficient (Wildman–Crippen LogP) is 4.02. The van der Waals surface area contributed by atoms with E-state index in [1.54, 1.807) is 43.3 Å². The van der Waals surface area contributed by atoms with Gasteiger partial charge in [0, 0.05) is 50.0 Å². The lowest BCUT2D eigenvalue weighted by molar-refractivity contribution is -0.135. The van der Waals surface area contributed by atoms with Crippen LogP contribution in [0.1, 0.15) is 41.0 Å². The SMILES string of the molecule is CC(=O)N[C@@H](C(=O)N1CCC=C(c2ccc3cc(C(=O)N(C)C)[nH]c3c2)C1)c1cccc(Cl)c1. The van der Waals surface area contributed by atoms with Crippen LogP contribution >= 0.6 is 11.6 Å². The Labute approximate surface area is 203 Å². The molecular formula is C26H27ClN4O3. The Hall–Kier alpha value is -3.58. The first-order valence-electron chi connectivity index (χ1n) is 11.1. The van der Waals surface area contributed by atoms with E-state index in [9.17, 15) is 14.4 Å². The summed E-state index contributed by atoms with van der Waals surface area (Å²) in [6.07, 6.45) is 2.84. The van der Waals surface area contributed by atoms with E-state index in [0.717, 1.165) is 22.0 Å². The number of nitrogens with zero attached hydrogens (tertiary/aromatic N) is 2. The van der Waals surface area contributed by atoms with E-state index in [1.807, 2.05) is 24.3 Å². The van der Waals surface area contributed by atoms with Gasteiger partial charge in [-0.1, -0.05) is 41.9 Å². The molecule has 0 spiro atoms. The molecule has 7 nitrogen and oxygen atoms in total. The lowest BCUT2D eigenvalue weighted by atomic mass is 9.98. The van der Waals surface area contributed by atoms with Crippen LogP contribution in [0.5, 0.6) is 0 Å². The molecule has 2 heterocycles. The van der Waals surface area contributed by atoms with Gasteiger partial charge in [-0.15, -0.1) is 0 Å². The van der Waals surface area contributed by atoms with E-state index in [2.05, 4.69) is 16.4 Å². The molecule has 3 amide bonds. The average Bonchev–Trinajstić information content (AvgIpc) is 3.25. The fourth-order valence-electron chi connectivity index (χ4n) is 4.18. The van der Waals surface area contributed by atoms with Gasteiger partial charge < -0.3 is 20.1 Å². The zero-order chi connectivity index (χ0) is 24.4. The number of carbonyl (C=O) groups excluding carboxylic acids is 3. The summed E-state index contributed by atoms with van der Waals surface area (Å²) in [5.41, 5.74) is 4.04. The zero-order valence-corrected chi connectivity index (χ0v) is 20.1. The molecule has 0 saturated heterocycles. The van der Waals surface area contributed by atoms with Crippen molar-refractivity contribution in [3.8, 4) is 0 Å². The molecule has 2 aromatic carbocycles. The Morgan fingerprint density at radius 1 is 1.12 bits per heavy atom. The number of rotatable bonds is 5. The summed E-state index contributed by atoms with van der Waals surface area (Å²) >= 11 is 6.13. The van der Waals surface area contributed by atoms with Gasteiger partial charge >= 0.3 is 0 Å². The molecule has 1 atom stereocenters. The number of carbonyl (C=O) groups is 3. The molecule has 1 aliphatic heterocycles. The van der Waals surface area contributed by atoms with Crippen molar-refractivity contribution in [2.45, 2.75) is 19.4 Å². The Morgan fingerprint density at radius 2 is 1.91 bits per heavy atom. The molecule has 3 aromatic rings. The number of H-pyrrole nitrogens is 1. The van der Waals surface area contributed by atoms with Crippen molar-refractivity contribution in [1.29, 1.82) is 0 Å². The molecule has 0 radical (unpaired) electrons. The number of fused-ring (bicyclic) bond motifs is 1. The normalized spacial score (nSPS) is 14.5. The van der Waals surface area contributed by atoms with E-state index >= 15 is 0 Å². The minimum atomic E-state index is -0.805. The van der Waals surface area contributed by atoms with Gasteiger partial charge in [-0.3, -0.25) is 14.4 Å². The van der Waals surface area contributed by atoms with Gasteiger partial charge in [0.15, 0.2) is 0 Å². The quantitative estimate of drug-likeness (QED) is 0.581. The topological polar surface area (TPSA) is 85.5 Å². The van der Waals surface area contributed by atoms with E-state index in [1.165, 1.54) is 11.8 Å². The van der Waals surface area contributed by atoms with E-state index < -0.39 is 6.04 Å². The Morgan fingerprint density at radius 3 is 2.62 bits per heavy atom. The summed E-state index contributed by atoms with van der Waals surface area (Å²) in [5, 5.41) is 4.23. The number of nitrogens with one attached hydrogen (secondary N) is 2. The highest BCUT2D eigenvalue weighted by molar-refractivity contribution is 6.30. The van der Waals surface area contributed by atoms with Crippen LogP contribution in [0.2, 0.25) is 5.02 Å². The molecule has 1 aromatic heterocycles. The fraction of sp³-hybridized carbons (Fsp3) is 0.269. The molecule has 8 heteroatoms. The van der Waals surface area contributed by atoms with Gasteiger partial charge in [0.2, 0.25) is 11.8 Å².